The molecule has 0 bridgehead atoms. The summed E-state index contributed by atoms with van der Waals surface area (Å²) in [4.78, 5) is 11.6. The molecule has 0 unspecified atom stereocenters. The van der Waals surface area contributed by atoms with Gasteiger partial charge in [0.05, 0.1) is 0 Å². The van der Waals surface area contributed by atoms with Gasteiger partial charge in [-0.1, -0.05) is 53.9 Å². The number of carbonyl (C=O) groups is 1. The standard InChI is InChI=1S/C13H27O2Si/c1-6-7-8-9-10-13(14)15-16(11(2)3)12(4)5/h11-12H,6-10H2,1-5H3. The van der Waals surface area contributed by atoms with Crippen molar-refractivity contribution in [1.82, 2.24) is 0 Å². The van der Waals surface area contributed by atoms with Gasteiger partial charge in [-0.15, -0.1) is 0 Å². The van der Waals surface area contributed by atoms with Crippen LogP contribution < -0.4 is 0 Å². The van der Waals surface area contributed by atoms with Crippen molar-refractivity contribution in [2.45, 2.75) is 77.8 Å². The Labute approximate surface area is 102 Å². The molecule has 0 aromatic heterocycles. The van der Waals surface area contributed by atoms with Gasteiger partial charge in [-0.3, -0.25) is 4.79 Å². The van der Waals surface area contributed by atoms with E-state index in [1.165, 1.54) is 12.8 Å². The van der Waals surface area contributed by atoms with Crippen molar-refractivity contribution in [2.24, 2.45) is 0 Å². The maximum absolute atomic E-state index is 11.6. The van der Waals surface area contributed by atoms with Crippen LogP contribution in [0.5, 0.6) is 0 Å². The molecule has 0 fully saturated rings. The summed E-state index contributed by atoms with van der Waals surface area (Å²) < 4.78 is 5.62. The van der Waals surface area contributed by atoms with Crippen molar-refractivity contribution in [2.75, 3.05) is 0 Å². The third-order valence-electron chi connectivity index (χ3n) is 2.60. The summed E-state index contributed by atoms with van der Waals surface area (Å²) in [5, 5.41) is 0. The van der Waals surface area contributed by atoms with Crippen LogP contribution >= 0.6 is 0 Å². The molecule has 0 aliphatic rings. The first-order chi connectivity index (χ1) is 7.49. The smallest absolute Gasteiger partial charge is 0.292 e. The summed E-state index contributed by atoms with van der Waals surface area (Å²) in [6.45, 7) is 10.8. The van der Waals surface area contributed by atoms with E-state index in [0.29, 0.717) is 17.5 Å². The highest BCUT2D eigenvalue weighted by Gasteiger charge is 2.26. The van der Waals surface area contributed by atoms with E-state index in [-0.39, 0.29) is 5.97 Å². The van der Waals surface area contributed by atoms with Crippen LogP contribution in [-0.2, 0) is 9.22 Å². The predicted molar refractivity (Wildman–Crippen MR) is 70.8 cm³/mol. The van der Waals surface area contributed by atoms with Crippen LogP contribution in [0.4, 0.5) is 0 Å². The molecule has 0 aliphatic carbocycles. The normalized spacial score (nSPS) is 11.5. The highest BCUT2D eigenvalue weighted by atomic mass is 28.3. The molecule has 0 aliphatic heterocycles. The zero-order chi connectivity index (χ0) is 12.6. The van der Waals surface area contributed by atoms with Crippen LogP contribution in [-0.4, -0.2) is 15.0 Å². The number of hydrogen-bond acceptors (Lipinski definition) is 2. The molecule has 0 heterocycles. The second-order valence-electron chi connectivity index (χ2n) is 5.00. The van der Waals surface area contributed by atoms with Crippen LogP contribution in [0.25, 0.3) is 0 Å². The summed E-state index contributed by atoms with van der Waals surface area (Å²) in [7, 11) is -0.969. The molecular weight excluding hydrogens is 216 g/mol. The first-order valence-corrected chi connectivity index (χ1v) is 8.12. The molecule has 0 saturated carbocycles. The number of carbonyl (C=O) groups excluding carboxylic acids is 1. The lowest BCUT2D eigenvalue weighted by atomic mass is 10.2. The molecule has 3 heteroatoms. The van der Waals surface area contributed by atoms with Gasteiger partial charge in [-0.05, 0) is 17.5 Å². The minimum Gasteiger partial charge on any atom is -0.517 e. The summed E-state index contributed by atoms with van der Waals surface area (Å²) in [5.74, 6) is 0.0207. The van der Waals surface area contributed by atoms with E-state index in [1.54, 1.807) is 0 Å². The monoisotopic (exact) mass is 243 g/mol. The Balaban J connectivity index is 3.83. The molecule has 0 amide bonds. The van der Waals surface area contributed by atoms with Crippen LogP contribution in [0.3, 0.4) is 0 Å². The van der Waals surface area contributed by atoms with Gasteiger partial charge < -0.3 is 4.43 Å². The first-order valence-electron chi connectivity index (χ1n) is 6.56. The van der Waals surface area contributed by atoms with Crippen LogP contribution in [0, 0.1) is 0 Å². The molecule has 0 aromatic carbocycles. The number of rotatable bonds is 8. The lowest BCUT2D eigenvalue weighted by molar-refractivity contribution is -0.135. The highest BCUT2D eigenvalue weighted by molar-refractivity contribution is 6.56. The molecule has 1 radical (unpaired) electrons. The van der Waals surface area contributed by atoms with E-state index >= 15 is 0 Å². The Hall–Kier alpha value is -0.313. The lowest BCUT2D eigenvalue weighted by Gasteiger charge is -2.21. The Kier molecular flexibility index (Phi) is 8.62. The van der Waals surface area contributed by atoms with Crippen LogP contribution in [0.2, 0.25) is 11.1 Å². The molecule has 95 valence electrons. The van der Waals surface area contributed by atoms with E-state index < -0.39 is 9.04 Å². The maximum atomic E-state index is 11.6. The molecule has 0 aromatic rings. The van der Waals surface area contributed by atoms with E-state index in [0.717, 1.165) is 12.8 Å². The Morgan fingerprint density at radius 3 is 2.06 bits per heavy atom. The van der Waals surface area contributed by atoms with Crippen LogP contribution in [0.15, 0.2) is 0 Å². The zero-order valence-electron chi connectivity index (χ0n) is 11.5. The summed E-state index contributed by atoms with van der Waals surface area (Å²) in [6.07, 6.45) is 5.17. The topological polar surface area (TPSA) is 26.3 Å². The average Bonchev–Trinajstić information content (AvgIpc) is 2.20. The van der Waals surface area contributed by atoms with Gasteiger partial charge in [-0.25, -0.2) is 0 Å². The molecule has 0 N–H and O–H groups in total. The van der Waals surface area contributed by atoms with Gasteiger partial charge in [0.25, 0.3) is 15.0 Å². The fourth-order valence-corrected chi connectivity index (χ4v) is 3.95. The predicted octanol–water partition coefficient (Wildman–Crippen LogP) is 4.31. The average molecular weight is 243 g/mol. The molecule has 0 rings (SSSR count). The minimum atomic E-state index is -0.969. The number of unbranched alkanes of at least 4 members (excludes halogenated alkanes) is 3. The molecule has 16 heavy (non-hydrogen) atoms. The van der Waals surface area contributed by atoms with E-state index in [4.69, 9.17) is 4.43 Å². The summed E-state index contributed by atoms with van der Waals surface area (Å²) in [6, 6.07) is 0. The van der Waals surface area contributed by atoms with Gasteiger partial charge in [-0.2, -0.15) is 0 Å². The van der Waals surface area contributed by atoms with E-state index in [9.17, 15) is 4.79 Å². The van der Waals surface area contributed by atoms with Crippen molar-refractivity contribution in [3.63, 3.8) is 0 Å². The first kappa shape index (κ1) is 15.7. The Morgan fingerprint density at radius 2 is 1.62 bits per heavy atom. The minimum absolute atomic E-state index is 0.0207. The SMILES string of the molecule is CCCCCCC(=O)O[Si](C(C)C)C(C)C. The Bertz CT molecular complexity index is 182. The number of hydrogen-bond donors (Lipinski definition) is 0. The third kappa shape index (κ3) is 7.04. The zero-order valence-corrected chi connectivity index (χ0v) is 12.5. The third-order valence-corrected chi connectivity index (χ3v) is 5.34. The molecule has 0 saturated heterocycles. The maximum Gasteiger partial charge on any atom is 0.292 e. The van der Waals surface area contributed by atoms with Gasteiger partial charge in [0.2, 0.25) is 0 Å². The fourth-order valence-electron chi connectivity index (χ4n) is 1.78. The second kappa shape index (κ2) is 8.80. The van der Waals surface area contributed by atoms with Crippen molar-refractivity contribution in [3.05, 3.63) is 0 Å². The quantitative estimate of drug-likeness (QED) is 0.469. The summed E-state index contributed by atoms with van der Waals surface area (Å²) in [5.41, 5.74) is 1.01. The van der Waals surface area contributed by atoms with E-state index in [1.807, 2.05) is 0 Å². The molecular formula is C13H27O2Si. The Morgan fingerprint density at radius 1 is 1.06 bits per heavy atom. The summed E-state index contributed by atoms with van der Waals surface area (Å²) >= 11 is 0. The molecule has 0 atom stereocenters. The van der Waals surface area contributed by atoms with Crippen molar-refractivity contribution in [1.29, 1.82) is 0 Å². The van der Waals surface area contributed by atoms with Crippen molar-refractivity contribution in [3.8, 4) is 0 Å². The molecule has 0 spiro atoms. The highest BCUT2D eigenvalue weighted by Crippen LogP contribution is 2.21. The van der Waals surface area contributed by atoms with Crippen molar-refractivity contribution < 1.29 is 9.22 Å². The largest absolute Gasteiger partial charge is 0.517 e. The van der Waals surface area contributed by atoms with Gasteiger partial charge in [0, 0.05) is 6.42 Å². The fraction of sp³-hybridized carbons (Fsp3) is 0.923. The van der Waals surface area contributed by atoms with Crippen LogP contribution in [0.1, 0.15) is 66.7 Å². The lowest BCUT2D eigenvalue weighted by Crippen LogP contribution is -2.28. The van der Waals surface area contributed by atoms with Crippen molar-refractivity contribution >= 4 is 15.0 Å². The van der Waals surface area contributed by atoms with E-state index in [2.05, 4.69) is 34.6 Å². The van der Waals surface area contributed by atoms with Gasteiger partial charge in [0.15, 0.2) is 0 Å². The molecule has 2 nitrogen and oxygen atoms in total. The van der Waals surface area contributed by atoms with Gasteiger partial charge >= 0.3 is 0 Å². The second-order valence-corrected chi connectivity index (χ2v) is 8.31. The van der Waals surface area contributed by atoms with Gasteiger partial charge in [0.1, 0.15) is 0 Å².